The Bertz CT molecular complexity index is 1490. The third-order valence-corrected chi connectivity index (χ3v) is 8.03. The van der Waals surface area contributed by atoms with E-state index in [1.54, 1.807) is 6.07 Å². The molecule has 1 spiro atoms. The number of benzene rings is 3. The second-order valence-electron chi connectivity index (χ2n) is 9.86. The Kier molecular flexibility index (Phi) is 6.07. The van der Waals surface area contributed by atoms with Crippen LogP contribution in [0, 0.1) is 10.1 Å². The van der Waals surface area contributed by atoms with Gasteiger partial charge in [-0.3, -0.25) is 10.1 Å². The molecular formula is C26H25N3O6S2. The molecule has 1 fully saturated rings. The second-order valence-corrected chi connectivity index (χ2v) is 11.8. The molecule has 3 aromatic rings. The fourth-order valence-corrected chi connectivity index (χ4v) is 6.76. The molecule has 11 heteroatoms. The van der Waals surface area contributed by atoms with Crippen LogP contribution in [0.4, 0.5) is 5.69 Å². The largest absolute Gasteiger partial charge is 0.485 e. The van der Waals surface area contributed by atoms with Gasteiger partial charge in [0.25, 0.3) is 5.69 Å². The van der Waals surface area contributed by atoms with Crippen LogP contribution >= 0.6 is 12.2 Å². The molecule has 5 rings (SSSR count). The van der Waals surface area contributed by atoms with Gasteiger partial charge >= 0.3 is 10.1 Å². The molecule has 0 amide bonds. The zero-order valence-corrected chi connectivity index (χ0v) is 21.8. The van der Waals surface area contributed by atoms with Gasteiger partial charge in [0, 0.05) is 29.7 Å². The Morgan fingerprint density at radius 3 is 2.46 bits per heavy atom. The number of nitro groups is 1. The summed E-state index contributed by atoms with van der Waals surface area (Å²) in [6, 6.07) is 19.6. The predicted octanol–water partition coefficient (Wildman–Crippen LogP) is 4.73. The van der Waals surface area contributed by atoms with Crippen molar-refractivity contribution in [3.8, 4) is 11.5 Å². The average Bonchev–Trinajstić information content (AvgIpc) is 2.82. The molecule has 192 valence electrons. The first-order chi connectivity index (χ1) is 17.5. The van der Waals surface area contributed by atoms with Crippen LogP contribution in [0.3, 0.4) is 0 Å². The van der Waals surface area contributed by atoms with Crippen molar-refractivity contribution in [2.24, 2.45) is 0 Å². The van der Waals surface area contributed by atoms with Gasteiger partial charge in [-0.15, -0.1) is 0 Å². The average molecular weight is 540 g/mol. The zero-order valence-electron chi connectivity index (χ0n) is 20.1. The van der Waals surface area contributed by atoms with Crippen molar-refractivity contribution < 1.29 is 22.3 Å². The summed E-state index contributed by atoms with van der Waals surface area (Å²) >= 11 is 5.56. The summed E-state index contributed by atoms with van der Waals surface area (Å²) in [6.45, 7) is 4.15. The van der Waals surface area contributed by atoms with Crippen LogP contribution in [0.1, 0.15) is 43.9 Å². The molecule has 0 unspecified atom stereocenters. The zero-order chi connectivity index (χ0) is 26.4. The first-order valence-electron chi connectivity index (χ1n) is 11.6. The molecule has 2 aliphatic rings. The van der Waals surface area contributed by atoms with Crippen LogP contribution in [0.2, 0.25) is 0 Å². The molecule has 1 saturated heterocycles. The summed E-state index contributed by atoms with van der Waals surface area (Å²) in [7, 11) is -4.49. The Morgan fingerprint density at radius 1 is 1.05 bits per heavy atom. The highest BCUT2D eigenvalue weighted by Gasteiger charge is 2.49. The Balaban J connectivity index is 1.57. The van der Waals surface area contributed by atoms with Gasteiger partial charge in [0.2, 0.25) is 0 Å². The monoisotopic (exact) mass is 539 g/mol. The van der Waals surface area contributed by atoms with Crippen molar-refractivity contribution in [1.82, 2.24) is 10.6 Å². The van der Waals surface area contributed by atoms with E-state index in [2.05, 4.69) is 24.5 Å². The molecule has 0 aromatic heterocycles. The van der Waals surface area contributed by atoms with E-state index >= 15 is 0 Å². The third kappa shape index (κ3) is 4.84. The number of nitrogens with zero attached hydrogens (tertiary/aromatic N) is 1. The number of para-hydroxylation sites is 1. The minimum absolute atomic E-state index is 0.0171. The molecule has 9 nitrogen and oxygen atoms in total. The molecule has 0 saturated carbocycles. The number of fused-ring (bicyclic) bond motifs is 2. The highest BCUT2D eigenvalue weighted by molar-refractivity contribution is 7.87. The van der Waals surface area contributed by atoms with E-state index in [1.807, 2.05) is 30.3 Å². The summed E-state index contributed by atoms with van der Waals surface area (Å²) in [6.07, 6.45) is 0.957. The number of nitrogens with one attached hydrogen (secondary N) is 2. The maximum Gasteiger partial charge on any atom is 0.346 e. The van der Waals surface area contributed by atoms with E-state index in [0.29, 0.717) is 23.7 Å². The normalized spacial score (nSPS) is 22.2. The molecule has 0 bridgehead atoms. The van der Waals surface area contributed by atoms with Gasteiger partial charge < -0.3 is 19.6 Å². The topological polar surface area (TPSA) is 120 Å². The van der Waals surface area contributed by atoms with Crippen molar-refractivity contribution in [2.75, 3.05) is 0 Å². The van der Waals surface area contributed by atoms with E-state index in [-0.39, 0.29) is 17.4 Å². The minimum atomic E-state index is -4.49. The van der Waals surface area contributed by atoms with Crippen LogP contribution in [0.25, 0.3) is 0 Å². The first kappa shape index (κ1) is 25.0. The molecular weight excluding hydrogens is 514 g/mol. The number of ether oxygens (including phenoxy) is 1. The summed E-state index contributed by atoms with van der Waals surface area (Å²) in [5.74, 6) is 0.430. The van der Waals surface area contributed by atoms with E-state index < -0.39 is 31.2 Å². The number of nitro benzene ring substituents is 1. The Morgan fingerprint density at radius 2 is 1.76 bits per heavy atom. The highest BCUT2D eigenvalue weighted by atomic mass is 32.2. The molecule has 2 atom stereocenters. The molecule has 2 aliphatic heterocycles. The molecule has 37 heavy (non-hydrogen) atoms. The molecule has 2 N–H and O–H groups in total. The van der Waals surface area contributed by atoms with Crippen molar-refractivity contribution in [3.63, 3.8) is 0 Å². The van der Waals surface area contributed by atoms with Gasteiger partial charge in [0.05, 0.1) is 10.5 Å². The lowest BCUT2D eigenvalue weighted by molar-refractivity contribution is -0.387. The predicted molar refractivity (Wildman–Crippen MR) is 141 cm³/mol. The minimum Gasteiger partial charge on any atom is -0.485 e. The fraction of sp³-hybridized carbons (Fsp3) is 0.269. The second kappa shape index (κ2) is 9.00. The molecule has 0 aliphatic carbocycles. The lowest BCUT2D eigenvalue weighted by Crippen LogP contribution is -2.65. The molecule has 3 aromatic carbocycles. The van der Waals surface area contributed by atoms with Crippen molar-refractivity contribution >= 4 is 33.1 Å². The Hall–Kier alpha value is -3.70. The lowest BCUT2D eigenvalue weighted by atomic mass is 9.72. The fourth-order valence-electron chi connectivity index (χ4n) is 5.20. The summed E-state index contributed by atoms with van der Waals surface area (Å²) in [4.78, 5) is 10.1. The number of thiocarbonyl (C=S) groups is 1. The molecule has 0 radical (unpaired) electrons. The standard InChI is InChI=1S/C26H25N3O6S2/c1-25(2)16-26(28-24(36)27-25)15-22(17-8-4-3-5-9-17)34-21-14-18(12-13-19(21)26)35-37(32,33)23-11-7-6-10-20(23)29(30)31/h3-14,22H,15-16H2,1-2H3,(H2,27,28,36)/t22-,26+/m1/s1. The van der Waals surface area contributed by atoms with Crippen LogP contribution in [-0.2, 0) is 15.7 Å². The highest BCUT2D eigenvalue weighted by Crippen LogP contribution is 2.50. The SMILES string of the molecule is CC1(C)C[C@]2(C[C@H](c3ccccc3)Oc3cc(OS(=O)(=O)c4ccccc4[N+](=O)[O-])ccc32)NC(=S)N1. The third-order valence-electron chi connectivity index (χ3n) is 6.53. The van der Waals surface area contributed by atoms with Gasteiger partial charge in [-0.2, -0.15) is 8.42 Å². The maximum atomic E-state index is 13.0. The van der Waals surface area contributed by atoms with Crippen LogP contribution in [0.15, 0.2) is 77.7 Å². The van der Waals surface area contributed by atoms with Crippen LogP contribution in [0.5, 0.6) is 11.5 Å². The Labute approximate surface area is 220 Å². The van der Waals surface area contributed by atoms with Crippen molar-refractivity contribution in [3.05, 3.63) is 94.0 Å². The van der Waals surface area contributed by atoms with E-state index in [9.17, 15) is 18.5 Å². The van der Waals surface area contributed by atoms with Gasteiger partial charge in [-0.1, -0.05) is 42.5 Å². The van der Waals surface area contributed by atoms with E-state index in [1.165, 1.54) is 24.3 Å². The van der Waals surface area contributed by atoms with Crippen LogP contribution < -0.4 is 19.6 Å². The summed E-state index contributed by atoms with van der Waals surface area (Å²) in [5, 5.41) is 18.7. The first-order valence-corrected chi connectivity index (χ1v) is 13.4. The summed E-state index contributed by atoms with van der Waals surface area (Å²) in [5.41, 5.74) is 0.357. The van der Waals surface area contributed by atoms with Crippen molar-refractivity contribution in [2.45, 2.75) is 48.8 Å². The van der Waals surface area contributed by atoms with E-state index in [4.69, 9.17) is 21.1 Å². The smallest absolute Gasteiger partial charge is 0.346 e. The van der Waals surface area contributed by atoms with Gasteiger partial charge in [0.15, 0.2) is 10.0 Å². The summed E-state index contributed by atoms with van der Waals surface area (Å²) < 4.78 is 37.7. The lowest BCUT2D eigenvalue weighted by Gasteiger charge is -2.51. The quantitative estimate of drug-likeness (QED) is 0.205. The van der Waals surface area contributed by atoms with Gasteiger partial charge in [-0.05, 0) is 56.2 Å². The van der Waals surface area contributed by atoms with Gasteiger partial charge in [0.1, 0.15) is 17.6 Å². The number of rotatable bonds is 5. The van der Waals surface area contributed by atoms with Crippen molar-refractivity contribution in [1.29, 1.82) is 0 Å². The van der Waals surface area contributed by atoms with E-state index in [0.717, 1.165) is 23.3 Å². The number of hydrogen-bond acceptors (Lipinski definition) is 7. The molecule has 2 heterocycles. The van der Waals surface area contributed by atoms with Crippen LogP contribution in [-0.4, -0.2) is 24.0 Å². The van der Waals surface area contributed by atoms with Gasteiger partial charge in [-0.25, -0.2) is 0 Å². The number of hydrogen-bond donors (Lipinski definition) is 2. The maximum absolute atomic E-state index is 13.0.